The number of para-hydroxylation sites is 1. The van der Waals surface area contributed by atoms with Crippen LogP contribution in [0.2, 0.25) is 0 Å². The lowest BCUT2D eigenvalue weighted by atomic mass is 9.90. The average molecular weight is 214 g/mol. The molecule has 2 nitrogen and oxygen atoms in total. The van der Waals surface area contributed by atoms with Crippen LogP contribution in [0.25, 0.3) is 5.69 Å². The molecule has 0 radical (unpaired) electrons. The molecule has 0 unspecified atom stereocenters. The molecule has 0 N–H and O–H groups in total. The zero-order valence-corrected chi connectivity index (χ0v) is 10.4. The first kappa shape index (κ1) is 10.9. The molecule has 0 aliphatic rings. The van der Waals surface area contributed by atoms with Crippen LogP contribution in [0.15, 0.2) is 36.5 Å². The molecule has 2 rings (SSSR count). The lowest BCUT2D eigenvalue weighted by Gasteiger charge is -2.16. The van der Waals surface area contributed by atoms with Gasteiger partial charge in [0, 0.05) is 11.6 Å². The summed E-state index contributed by atoms with van der Waals surface area (Å²) < 4.78 is 1.95. The van der Waals surface area contributed by atoms with E-state index in [-0.39, 0.29) is 5.41 Å². The summed E-state index contributed by atoms with van der Waals surface area (Å²) in [5, 5.41) is 4.67. The number of aromatic nitrogens is 2. The fraction of sp³-hybridized carbons (Fsp3) is 0.357. The van der Waals surface area contributed by atoms with E-state index in [0.717, 1.165) is 11.4 Å². The smallest absolute Gasteiger partial charge is 0.0711 e. The summed E-state index contributed by atoms with van der Waals surface area (Å²) in [6, 6.07) is 10.2. The maximum atomic E-state index is 4.67. The maximum absolute atomic E-state index is 4.67. The molecule has 16 heavy (non-hydrogen) atoms. The van der Waals surface area contributed by atoms with E-state index in [0.29, 0.717) is 0 Å². The predicted octanol–water partition coefficient (Wildman–Crippen LogP) is 3.48. The van der Waals surface area contributed by atoms with E-state index in [1.807, 2.05) is 22.9 Å². The molecule has 1 heterocycles. The molecule has 84 valence electrons. The van der Waals surface area contributed by atoms with Crippen molar-refractivity contribution in [1.29, 1.82) is 0 Å². The Hall–Kier alpha value is -1.57. The standard InChI is InChI=1S/C14H18N2/c1-11-10-16(12-8-6-5-7-9-12)15-13(11)14(2,3)4/h5-10H,1-4H3. The van der Waals surface area contributed by atoms with Crippen molar-refractivity contribution in [1.82, 2.24) is 9.78 Å². The summed E-state index contributed by atoms with van der Waals surface area (Å²) in [6.07, 6.45) is 2.09. The van der Waals surface area contributed by atoms with Crippen molar-refractivity contribution in [3.63, 3.8) is 0 Å². The van der Waals surface area contributed by atoms with Crippen LogP contribution in [0.3, 0.4) is 0 Å². The van der Waals surface area contributed by atoms with E-state index >= 15 is 0 Å². The Labute approximate surface area is 96.9 Å². The number of hydrogen-bond donors (Lipinski definition) is 0. The molecule has 0 saturated carbocycles. The highest BCUT2D eigenvalue weighted by Gasteiger charge is 2.20. The Kier molecular flexibility index (Phi) is 2.58. The van der Waals surface area contributed by atoms with Crippen molar-refractivity contribution in [3.05, 3.63) is 47.8 Å². The summed E-state index contributed by atoms with van der Waals surface area (Å²) in [6.45, 7) is 8.69. The lowest BCUT2D eigenvalue weighted by molar-refractivity contribution is 0.557. The van der Waals surface area contributed by atoms with E-state index in [1.165, 1.54) is 5.56 Å². The number of hydrogen-bond acceptors (Lipinski definition) is 1. The van der Waals surface area contributed by atoms with Crippen molar-refractivity contribution >= 4 is 0 Å². The van der Waals surface area contributed by atoms with Crippen molar-refractivity contribution in [2.45, 2.75) is 33.1 Å². The van der Waals surface area contributed by atoms with Gasteiger partial charge in [0.1, 0.15) is 0 Å². The van der Waals surface area contributed by atoms with E-state index in [2.05, 4.69) is 51.1 Å². The van der Waals surface area contributed by atoms with Gasteiger partial charge in [0.15, 0.2) is 0 Å². The Morgan fingerprint density at radius 1 is 1.06 bits per heavy atom. The second-order valence-corrected chi connectivity index (χ2v) is 5.19. The van der Waals surface area contributed by atoms with Crippen LogP contribution < -0.4 is 0 Å². The number of benzene rings is 1. The Morgan fingerprint density at radius 2 is 1.69 bits per heavy atom. The average Bonchev–Trinajstić information content (AvgIpc) is 2.61. The second-order valence-electron chi connectivity index (χ2n) is 5.19. The maximum Gasteiger partial charge on any atom is 0.0711 e. The molecule has 0 saturated heterocycles. The van der Waals surface area contributed by atoms with Gasteiger partial charge < -0.3 is 0 Å². The van der Waals surface area contributed by atoms with Gasteiger partial charge in [-0.1, -0.05) is 39.0 Å². The highest BCUT2D eigenvalue weighted by molar-refractivity contribution is 5.33. The van der Waals surface area contributed by atoms with Gasteiger partial charge in [0.2, 0.25) is 0 Å². The number of nitrogens with zero attached hydrogens (tertiary/aromatic N) is 2. The summed E-state index contributed by atoms with van der Waals surface area (Å²) >= 11 is 0. The quantitative estimate of drug-likeness (QED) is 0.710. The first-order valence-corrected chi connectivity index (χ1v) is 5.60. The minimum absolute atomic E-state index is 0.101. The van der Waals surface area contributed by atoms with Gasteiger partial charge in [-0.2, -0.15) is 5.10 Å². The third-order valence-electron chi connectivity index (χ3n) is 2.63. The molecule has 0 spiro atoms. The molecule has 0 aliphatic carbocycles. The van der Waals surface area contributed by atoms with E-state index in [4.69, 9.17) is 0 Å². The summed E-state index contributed by atoms with van der Waals surface area (Å²) in [5.74, 6) is 0. The lowest BCUT2D eigenvalue weighted by Crippen LogP contribution is -2.13. The Balaban J connectivity index is 2.47. The zero-order chi connectivity index (χ0) is 11.8. The predicted molar refractivity (Wildman–Crippen MR) is 67.0 cm³/mol. The molecular weight excluding hydrogens is 196 g/mol. The van der Waals surface area contributed by atoms with Gasteiger partial charge in [-0.15, -0.1) is 0 Å². The number of aryl methyl sites for hydroxylation is 1. The highest BCUT2D eigenvalue weighted by Crippen LogP contribution is 2.24. The zero-order valence-electron chi connectivity index (χ0n) is 10.4. The fourth-order valence-electron chi connectivity index (χ4n) is 1.91. The monoisotopic (exact) mass is 214 g/mol. The van der Waals surface area contributed by atoms with Gasteiger partial charge in [0.05, 0.1) is 11.4 Å². The largest absolute Gasteiger partial charge is 0.240 e. The molecule has 2 aromatic rings. The Bertz CT molecular complexity index is 475. The van der Waals surface area contributed by atoms with Crippen LogP contribution in [0.4, 0.5) is 0 Å². The van der Waals surface area contributed by atoms with Crippen LogP contribution in [0, 0.1) is 6.92 Å². The third-order valence-corrected chi connectivity index (χ3v) is 2.63. The molecule has 0 fully saturated rings. The van der Waals surface area contributed by atoms with Crippen LogP contribution in [-0.4, -0.2) is 9.78 Å². The van der Waals surface area contributed by atoms with Crippen molar-refractivity contribution < 1.29 is 0 Å². The van der Waals surface area contributed by atoms with E-state index in [1.54, 1.807) is 0 Å². The highest BCUT2D eigenvalue weighted by atomic mass is 15.3. The summed E-state index contributed by atoms with van der Waals surface area (Å²) in [5.41, 5.74) is 3.62. The normalized spacial score (nSPS) is 11.8. The van der Waals surface area contributed by atoms with E-state index in [9.17, 15) is 0 Å². The van der Waals surface area contributed by atoms with Crippen LogP contribution in [0.1, 0.15) is 32.0 Å². The van der Waals surface area contributed by atoms with Crippen molar-refractivity contribution in [3.8, 4) is 5.69 Å². The second kappa shape index (κ2) is 3.78. The Morgan fingerprint density at radius 3 is 2.19 bits per heavy atom. The minimum atomic E-state index is 0.101. The first-order chi connectivity index (χ1) is 7.48. The van der Waals surface area contributed by atoms with Crippen LogP contribution in [0.5, 0.6) is 0 Å². The molecule has 2 heteroatoms. The third kappa shape index (κ3) is 2.01. The SMILES string of the molecule is Cc1cn(-c2ccccc2)nc1C(C)(C)C. The first-order valence-electron chi connectivity index (χ1n) is 5.60. The molecular formula is C14H18N2. The van der Waals surface area contributed by atoms with Gasteiger partial charge in [-0.25, -0.2) is 4.68 Å². The van der Waals surface area contributed by atoms with E-state index < -0.39 is 0 Å². The summed E-state index contributed by atoms with van der Waals surface area (Å²) in [4.78, 5) is 0. The molecule has 1 aromatic carbocycles. The van der Waals surface area contributed by atoms with Gasteiger partial charge in [0.25, 0.3) is 0 Å². The molecule has 1 aromatic heterocycles. The molecule has 0 aliphatic heterocycles. The van der Waals surface area contributed by atoms with Gasteiger partial charge in [-0.3, -0.25) is 0 Å². The van der Waals surface area contributed by atoms with Crippen LogP contribution in [-0.2, 0) is 5.41 Å². The minimum Gasteiger partial charge on any atom is -0.240 e. The van der Waals surface area contributed by atoms with Crippen molar-refractivity contribution in [2.75, 3.05) is 0 Å². The topological polar surface area (TPSA) is 17.8 Å². The van der Waals surface area contributed by atoms with Crippen LogP contribution >= 0.6 is 0 Å². The fourth-order valence-corrected chi connectivity index (χ4v) is 1.91. The van der Waals surface area contributed by atoms with Crippen molar-refractivity contribution in [2.24, 2.45) is 0 Å². The summed E-state index contributed by atoms with van der Waals surface area (Å²) in [7, 11) is 0. The van der Waals surface area contributed by atoms with Gasteiger partial charge >= 0.3 is 0 Å². The van der Waals surface area contributed by atoms with Gasteiger partial charge in [-0.05, 0) is 24.6 Å². The molecule has 0 atom stereocenters. The number of rotatable bonds is 1. The molecule has 0 bridgehead atoms. The molecule has 0 amide bonds.